The van der Waals surface area contributed by atoms with Gasteiger partial charge in [-0.05, 0) is 6.92 Å². The molecule has 1 amide bonds. The summed E-state index contributed by atoms with van der Waals surface area (Å²) >= 11 is 3.49. The molecule has 2 atom stereocenters. The second-order valence-electron chi connectivity index (χ2n) is 3.31. The van der Waals surface area contributed by atoms with Crippen molar-refractivity contribution in [2.24, 2.45) is 5.92 Å². The van der Waals surface area contributed by atoms with Crippen LogP contribution >= 0.6 is 15.9 Å². The van der Waals surface area contributed by atoms with E-state index in [9.17, 15) is 4.79 Å². The third kappa shape index (κ3) is 1.48. The van der Waals surface area contributed by atoms with Crippen LogP contribution in [0.4, 0.5) is 0 Å². The molecule has 1 heterocycles. The van der Waals surface area contributed by atoms with E-state index >= 15 is 0 Å². The quantitative estimate of drug-likeness (QED) is 0.688. The van der Waals surface area contributed by atoms with Gasteiger partial charge in [0.2, 0.25) is 5.91 Å². The first-order valence-corrected chi connectivity index (χ1v) is 5.01. The van der Waals surface area contributed by atoms with Gasteiger partial charge < -0.3 is 5.32 Å². The van der Waals surface area contributed by atoms with E-state index in [1.807, 2.05) is 31.2 Å². The molecule has 68 valence electrons. The molecule has 2 nitrogen and oxygen atoms in total. The van der Waals surface area contributed by atoms with Crippen LogP contribution in [0.5, 0.6) is 0 Å². The van der Waals surface area contributed by atoms with Crippen LogP contribution in [0.1, 0.15) is 6.92 Å². The molecule has 3 heteroatoms. The Morgan fingerprint density at radius 2 is 2.31 bits per heavy atom. The Labute approximate surface area is 85.5 Å². The minimum atomic E-state index is 0.0353. The molecule has 13 heavy (non-hydrogen) atoms. The van der Waals surface area contributed by atoms with Crippen molar-refractivity contribution in [2.45, 2.75) is 13.0 Å². The SMILES string of the molecule is CC1=CC2C(Br)=CC=CC2NC1=O. The first-order valence-electron chi connectivity index (χ1n) is 4.21. The number of fused-ring (bicyclic) bond motifs is 1. The fourth-order valence-electron chi connectivity index (χ4n) is 1.60. The Morgan fingerprint density at radius 3 is 3.08 bits per heavy atom. The highest BCUT2D eigenvalue weighted by molar-refractivity contribution is 9.11. The topological polar surface area (TPSA) is 29.1 Å². The van der Waals surface area contributed by atoms with Crippen molar-refractivity contribution in [3.05, 3.63) is 34.4 Å². The summed E-state index contributed by atoms with van der Waals surface area (Å²) in [5.41, 5.74) is 0.793. The lowest BCUT2D eigenvalue weighted by molar-refractivity contribution is -0.118. The van der Waals surface area contributed by atoms with Crippen LogP contribution in [0.3, 0.4) is 0 Å². The average Bonchev–Trinajstić information content (AvgIpc) is 2.09. The summed E-state index contributed by atoms with van der Waals surface area (Å²) in [7, 11) is 0. The molecule has 0 radical (unpaired) electrons. The van der Waals surface area contributed by atoms with E-state index < -0.39 is 0 Å². The summed E-state index contributed by atoms with van der Waals surface area (Å²) < 4.78 is 1.12. The zero-order chi connectivity index (χ0) is 9.42. The summed E-state index contributed by atoms with van der Waals surface area (Å²) in [5.74, 6) is 0.316. The Hall–Kier alpha value is -0.830. The molecule has 0 aromatic carbocycles. The largest absolute Gasteiger partial charge is 0.345 e. The summed E-state index contributed by atoms with van der Waals surface area (Å²) in [4.78, 5) is 11.3. The second-order valence-corrected chi connectivity index (χ2v) is 4.23. The molecular weight excluding hydrogens is 230 g/mol. The highest BCUT2D eigenvalue weighted by atomic mass is 79.9. The minimum absolute atomic E-state index is 0.0353. The molecule has 2 unspecified atom stereocenters. The molecule has 1 aliphatic carbocycles. The lowest BCUT2D eigenvalue weighted by Gasteiger charge is -2.29. The molecule has 0 bridgehead atoms. The number of carbonyl (C=O) groups is 1. The number of hydrogen-bond donors (Lipinski definition) is 1. The Balaban J connectivity index is 2.36. The maximum absolute atomic E-state index is 11.3. The number of amides is 1. The molecule has 1 N–H and O–H groups in total. The molecule has 1 aliphatic heterocycles. The summed E-state index contributed by atoms with van der Waals surface area (Å²) in [5, 5.41) is 2.93. The van der Waals surface area contributed by atoms with Crippen LogP contribution in [0.2, 0.25) is 0 Å². The predicted octanol–water partition coefficient (Wildman–Crippen LogP) is 1.90. The van der Waals surface area contributed by atoms with Gasteiger partial charge in [-0.25, -0.2) is 0 Å². The van der Waals surface area contributed by atoms with E-state index in [4.69, 9.17) is 0 Å². The molecule has 2 aliphatic rings. The Morgan fingerprint density at radius 1 is 1.54 bits per heavy atom. The second kappa shape index (κ2) is 3.14. The van der Waals surface area contributed by atoms with Gasteiger partial charge in [0.15, 0.2) is 0 Å². The standard InChI is InChI=1S/C10H10BrNO/c1-6-5-7-8(11)3-2-4-9(7)12-10(6)13/h2-5,7,9H,1H3,(H,12,13). The van der Waals surface area contributed by atoms with Gasteiger partial charge in [-0.3, -0.25) is 4.79 Å². The summed E-state index contributed by atoms with van der Waals surface area (Å²) in [6, 6.07) is 0.121. The number of allylic oxidation sites excluding steroid dienone is 2. The third-order valence-electron chi connectivity index (χ3n) is 2.36. The van der Waals surface area contributed by atoms with Crippen LogP contribution in [-0.2, 0) is 4.79 Å². The molecule has 2 rings (SSSR count). The van der Waals surface area contributed by atoms with E-state index in [1.54, 1.807) is 0 Å². The summed E-state index contributed by atoms with van der Waals surface area (Å²) in [6.45, 7) is 1.84. The van der Waals surface area contributed by atoms with E-state index in [2.05, 4.69) is 21.2 Å². The van der Waals surface area contributed by atoms with E-state index in [0.717, 1.165) is 10.1 Å². The monoisotopic (exact) mass is 239 g/mol. The van der Waals surface area contributed by atoms with Gasteiger partial charge in [0, 0.05) is 16.0 Å². The molecule has 0 spiro atoms. The molecule has 0 saturated heterocycles. The van der Waals surface area contributed by atoms with Gasteiger partial charge >= 0.3 is 0 Å². The van der Waals surface area contributed by atoms with Gasteiger partial charge in [0.25, 0.3) is 0 Å². The normalized spacial score (nSPS) is 31.7. The fraction of sp³-hybridized carbons (Fsp3) is 0.300. The van der Waals surface area contributed by atoms with Gasteiger partial charge in [-0.2, -0.15) is 0 Å². The van der Waals surface area contributed by atoms with E-state index in [1.165, 1.54) is 0 Å². The van der Waals surface area contributed by atoms with E-state index in [0.29, 0.717) is 0 Å². The molecule has 0 aromatic heterocycles. The minimum Gasteiger partial charge on any atom is -0.345 e. The van der Waals surface area contributed by atoms with Crippen LogP contribution < -0.4 is 5.32 Å². The highest BCUT2D eigenvalue weighted by Crippen LogP contribution is 2.30. The van der Waals surface area contributed by atoms with Crippen LogP contribution in [-0.4, -0.2) is 11.9 Å². The zero-order valence-electron chi connectivity index (χ0n) is 7.25. The zero-order valence-corrected chi connectivity index (χ0v) is 8.84. The van der Waals surface area contributed by atoms with E-state index in [-0.39, 0.29) is 17.9 Å². The predicted molar refractivity (Wildman–Crippen MR) is 55.3 cm³/mol. The Bertz CT molecular complexity index is 341. The lowest BCUT2D eigenvalue weighted by Crippen LogP contribution is -2.43. The Kier molecular flexibility index (Phi) is 2.12. The number of carbonyl (C=O) groups excluding carboxylic acids is 1. The van der Waals surface area contributed by atoms with Crippen LogP contribution in [0, 0.1) is 5.92 Å². The van der Waals surface area contributed by atoms with Crippen molar-refractivity contribution in [3.63, 3.8) is 0 Å². The first-order chi connectivity index (χ1) is 6.18. The molecule has 0 fully saturated rings. The number of nitrogens with one attached hydrogen (secondary N) is 1. The van der Waals surface area contributed by atoms with Crippen molar-refractivity contribution in [1.29, 1.82) is 0 Å². The maximum Gasteiger partial charge on any atom is 0.247 e. The molecule has 0 saturated carbocycles. The van der Waals surface area contributed by atoms with Gasteiger partial charge in [0.1, 0.15) is 0 Å². The van der Waals surface area contributed by atoms with Crippen molar-refractivity contribution in [1.82, 2.24) is 5.32 Å². The van der Waals surface area contributed by atoms with Crippen molar-refractivity contribution >= 4 is 21.8 Å². The van der Waals surface area contributed by atoms with Gasteiger partial charge in [-0.15, -0.1) is 0 Å². The fourth-order valence-corrected chi connectivity index (χ4v) is 2.17. The van der Waals surface area contributed by atoms with Gasteiger partial charge in [0.05, 0.1) is 6.04 Å². The first kappa shape index (κ1) is 8.75. The molecular formula is C10H10BrNO. The van der Waals surface area contributed by atoms with Gasteiger partial charge in [-0.1, -0.05) is 40.2 Å². The molecule has 0 aromatic rings. The maximum atomic E-state index is 11.3. The third-order valence-corrected chi connectivity index (χ3v) is 3.16. The van der Waals surface area contributed by atoms with Crippen molar-refractivity contribution in [3.8, 4) is 0 Å². The average molecular weight is 240 g/mol. The summed E-state index contributed by atoms with van der Waals surface area (Å²) in [6.07, 6.45) is 7.99. The lowest BCUT2D eigenvalue weighted by atomic mass is 9.90. The van der Waals surface area contributed by atoms with Crippen molar-refractivity contribution in [2.75, 3.05) is 0 Å². The number of rotatable bonds is 0. The van der Waals surface area contributed by atoms with Crippen LogP contribution in [0.25, 0.3) is 0 Å². The number of halogens is 1. The number of hydrogen-bond acceptors (Lipinski definition) is 1. The smallest absolute Gasteiger partial charge is 0.247 e. The van der Waals surface area contributed by atoms with Crippen molar-refractivity contribution < 1.29 is 4.79 Å². The van der Waals surface area contributed by atoms with Crippen LogP contribution in [0.15, 0.2) is 34.4 Å². The highest BCUT2D eigenvalue weighted by Gasteiger charge is 2.28.